The van der Waals surface area contributed by atoms with E-state index in [2.05, 4.69) is 149 Å². The van der Waals surface area contributed by atoms with Crippen molar-refractivity contribution in [3.63, 3.8) is 0 Å². The fraction of sp³-hybridized carbons (Fsp3) is 0. The highest BCUT2D eigenvalue weighted by molar-refractivity contribution is 6.30. The first-order valence-corrected chi connectivity index (χ1v) is 17.6. The fourth-order valence-electron chi connectivity index (χ4n) is 8.07. The summed E-state index contributed by atoms with van der Waals surface area (Å²) >= 11 is 0. The minimum absolute atomic E-state index is 0.581. The summed E-state index contributed by atoms with van der Waals surface area (Å²) in [6.07, 6.45) is 0. The highest BCUT2D eigenvalue weighted by Gasteiger charge is 2.25. The molecule has 0 fully saturated rings. The highest BCUT2D eigenvalue weighted by atomic mass is 15.2. The predicted molar refractivity (Wildman–Crippen MR) is 214 cm³/mol. The van der Waals surface area contributed by atoms with Gasteiger partial charge in [0.1, 0.15) is 0 Å². The van der Waals surface area contributed by atoms with Crippen LogP contribution in [0.5, 0.6) is 0 Å². The lowest BCUT2D eigenvalue weighted by Gasteiger charge is -2.12. The lowest BCUT2D eigenvalue weighted by Crippen LogP contribution is -2.06. The molecule has 0 saturated heterocycles. The predicted octanol–water partition coefficient (Wildman–Crippen LogP) is 11.7. The van der Waals surface area contributed by atoms with E-state index in [4.69, 9.17) is 15.0 Å². The van der Waals surface area contributed by atoms with E-state index >= 15 is 0 Å². The molecule has 52 heavy (non-hydrogen) atoms. The first kappa shape index (κ1) is 28.7. The van der Waals surface area contributed by atoms with Gasteiger partial charge >= 0.3 is 0 Å². The zero-order chi connectivity index (χ0) is 34.2. The van der Waals surface area contributed by atoms with Crippen molar-refractivity contribution in [2.75, 3.05) is 0 Å². The Morgan fingerprint density at radius 3 is 1.42 bits per heavy atom. The van der Waals surface area contributed by atoms with E-state index < -0.39 is 0 Å². The molecule has 3 heterocycles. The van der Waals surface area contributed by atoms with Gasteiger partial charge in [-0.25, -0.2) is 4.98 Å². The lowest BCUT2D eigenvalue weighted by atomic mass is 10.0. The van der Waals surface area contributed by atoms with Gasteiger partial charge in [-0.15, -0.1) is 0 Å². The summed E-state index contributed by atoms with van der Waals surface area (Å²) < 4.78 is 4.73. The summed E-state index contributed by atoms with van der Waals surface area (Å²) in [6, 6.07) is 62.0. The van der Waals surface area contributed by atoms with Gasteiger partial charge in [0.25, 0.3) is 0 Å². The third kappa shape index (κ3) is 4.20. The maximum Gasteiger partial charge on any atom is 0.238 e. The number of benzene rings is 8. The Labute approximate surface area is 298 Å². The van der Waals surface area contributed by atoms with Gasteiger partial charge in [0.2, 0.25) is 5.95 Å². The molecule has 0 unspecified atom stereocenters. The summed E-state index contributed by atoms with van der Waals surface area (Å²) in [5.41, 5.74) is 7.44. The van der Waals surface area contributed by atoms with Crippen molar-refractivity contribution in [3.8, 4) is 34.4 Å². The summed E-state index contributed by atoms with van der Waals surface area (Å²) in [7, 11) is 0. The van der Waals surface area contributed by atoms with Gasteiger partial charge in [0.05, 0.1) is 22.1 Å². The lowest BCUT2D eigenvalue weighted by molar-refractivity contribution is 0.957. The van der Waals surface area contributed by atoms with Crippen molar-refractivity contribution >= 4 is 65.2 Å². The average molecular weight is 664 g/mol. The van der Waals surface area contributed by atoms with E-state index in [1.807, 2.05) is 36.4 Å². The maximum absolute atomic E-state index is 5.31. The number of hydrogen-bond acceptors (Lipinski definition) is 3. The minimum atomic E-state index is 0.581. The Bertz CT molecular complexity index is 3100. The van der Waals surface area contributed by atoms with Crippen molar-refractivity contribution < 1.29 is 0 Å². The number of para-hydroxylation sites is 1. The van der Waals surface area contributed by atoms with Crippen LogP contribution in [0.3, 0.4) is 0 Å². The molecule has 0 aliphatic rings. The van der Waals surface area contributed by atoms with Crippen LogP contribution in [-0.4, -0.2) is 24.1 Å². The number of aromatic nitrogens is 5. The van der Waals surface area contributed by atoms with Gasteiger partial charge in [-0.2, -0.15) is 9.97 Å². The first-order chi connectivity index (χ1) is 25.8. The maximum atomic E-state index is 5.31. The van der Waals surface area contributed by atoms with Crippen molar-refractivity contribution in [3.05, 3.63) is 176 Å². The van der Waals surface area contributed by atoms with E-state index in [0.717, 1.165) is 60.3 Å². The van der Waals surface area contributed by atoms with Crippen LogP contribution in [0.1, 0.15) is 0 Å². The van der Waals surface area contributed by atoms with E-state index in [0.29, 0.717) is 17.6 Å². The molecule has 0 amide bonds. The molecule has 0 aliphatic carbocycles. The van der Waals surface area contributed by atoms with Crippen molar-refractivity contribution in [1.29, 1.82) is 0 Å². The van der Waals surface area contributed by atoms with Crippen molar-refractivity contribution in [2.24, 2.45) is 0 Å². The third-order valence-corrected chi connectivity index (χ3v) is 10.3. The molecule has 0 saturated carbocycles. The summed E-state index contributed by atoms with van der Waals surface area (Å²) in [4.78, 5) is 15.7. The van der Waals surface area contributed by atoms with Gasteiger partial charge in [-0.1, -0.05) is 158 Å². The molecule has 11 rings (SSSR count). The van der Waals surface area contributed by atoms with Gasteiger partial charge < -0.3 is 4.57 Å². The Hall–Kier alpha value is -7.11. The largest absolute Gasteiger partial charge is 0.309 e. The quantitative estimate of drug-likeness (QED) is 0.188. The standard InChI is InChI=1S/C47H29N5/c1-4-16-32(17-5-1)45-48-46(33-18-6-2-7-19-33)50-47(49-45)52-42-35-22-12-10-14-30(35)24-26-37(42)38-28-29-40-41(44(38)52)39-27-25-31-15-11-13-23-36(31)43(39)51(40)34-20-8-3-9-21-34/h1-29H. The zero-order valence-corrected chi connectivity index (χ0v) is 28.0. The monoisotopic (exact) mass is 663 g/mol. The van der Waals surface area contributed by atoms with E-state index in [-0.39, 0.29) is 0 Å². The Morgan fingerprint density at radius 1 is 0.327 bits per heavy atom. The summed E-state index contributed by atoms with van der Waals surface area (Å²) in [5, 5.41) is 9.35. The fourth-order valence-corrected chi connectivity index (χ4v) is 8.07. The zero-order valence-electron chi connectivity index (χ0n) is 28.0. The van der Waals surface area contributed by atoms with Crippen molar-refractivity contribution in [2.45, 2.75) is 0 Å². The second kappa shape index (κ2) is 11.2. The smallest absolute Gasteiger partial charge is 0.238 e. The minimum Gasteiger partial charge on any atom is -0.309 e. The van der Waals surface area contributed by atoms with Crippen LogP contribution in [0.2, 0.25) is 0 Å². The molecule has 5 heteroatoms. The van der Waals surface area contributed by atoms with Gasteiger partial charge in [-0.05, 0) is 29.0 Å². The number of nitrogens with zero attached hydrogens (tertiary/aromatic N) is 5. The molecule has 0 spiro atoms. The topological polar surface area (TPSA) is 48.5 Å². The Kier molecular flexibility index (Phi) is 6.18. The molecule has 242 valence electrons. The molecule has 0 N–H and O–H groups in total. The summed E-state index contributed by atoms with van der Waals surface area (Å²) in [6.45, 7) is 0. The molecule has 8 aromatic carbocycles. The molecular formula is C47H29N5. The van der Waals surface area contributed by atoms with Gasteiger partial charge in [-0.3, -0.25) is 4.57 Å². The normalized spacial score (nSPS) is 11.8. The van der Waals surface area contributed by atoms with Crippen LogP contribution < -0.4 is 0 Å². The van der Waals surface area contributed by atoms with Crippen LogP contribution in [0.25, 0.3) is 99.6 Å². The van der Waals surface area contributed by atoms with E-state index in [1.54, 1.807) is 0 Å². The molecule has 0 radical (unpaired) electrons. The number of rotatable bonds is 4. The van der Waals surface area contributed by atoms with Crippen LogP contribution in [0.15, 0.2) is 176 Å². The molecule has 3 aromatic heterocycles. The van der Waals surface area contributed by atoms with Crippen LogP contribution in [0.4, 0.5) is 0 Å². The molecule has 0 atom stereocenters. The first-order valence-electron chi connectivity index (χ1n) is 17.6. The molecular weight excluding hydrogens is 635 g/mol. The molecule has 0 bridgehead atoms. The van der Waals surface area contributed by atoms with E-state index in [1.165, 1.54) is 21.7 Å². The molecule has 11 aromatic rings. The summed E-state index contributed by atoms with van der Waals surface area (Å²) in [5.74, 6) is 1.84. The average Bonchev–Trinajstić information content (AvgIpc) is 3.75. The number of hydrogen-bond donors (Lipinski definition) is 0. The molecule has 0 aliphatic heterocycles. The van der Waals surface area contributed by atoms with Crippen LogP contribution in [0, 0.1) is 0 Å². The Morgan fingerprint density at radius 2 is 0.808 bits per heavy atom. The van der Waals surface area contributed by atoms with Gasteiger partial charge in [0, 0.05) is 49.1 Å². The van der Waals surface area contributed by atoms with E-state index in [9.17, 15) is 0 Å². The van der Waals surface area contributed by atoms with Crippen molar-refractivity contribution in [1.82, 2.24) is 24.1 Å². The Balaban J connectivity index is 1.38. The second-order valence-corrected chi connectivity index (χ2v) is 13.2. The SMILES string of the molecule is c1ccc(-c2nc(-c3ccccc3)nc(-n3c4c5ccccc5ccc4c4ccc5c(c6ccc7ccccc7c6n5-c5ccccc5)c43)n2)cc1. The third-order valence-electron chi connectivity index (χ3n) is 10.3. The number of fused-ring (bicyclic) bond motifs is 11. The van der Waals surface area contributed by atoms with Crippen LogP contribution >= 0.6 is 0 Å². The van der Waals surface area contributed by atoms with Gasteiger partial charge in [0.15, 0.2) is 11.6 Å². The molecule has 5 nitrogen and oxygen atoms in total. The van der Waals surface area contributed by atoms with Crippen LogP contribution in [-0.2, 0) is 0 Å². The highest BCUT2D eigenvalue weighted by Crippen LogP contribution is 2.45. The second-order valence-electron chi connectivity index (χ2n) is 13.2.